The highest BCUT2D eigenvalue weighted by atomic mass is 14.8. The van der Waals surface area contributed by atoms with Crippen LogP contribution < -0.4 is 0 Å². The van der Waals surface area contributed by atoms with E-state index in [4.69, 9.17) is 0 Å². The van der Waals surface area contributed by atoms with E-state index in [1.165, 1.54) is 0 Å². The summed E-state index contributed by atoms with van der Waals surface area (Å²) in [7, 11) is 0. The lowest BCUT2D eigenvalue weighted by molar-refractivity contribution is 0.828. The van der Waals surface area contributed by atoms with Crippen LogP contribution in [0.1, 0.15) is 39.3 Å². The first-order chi connectivity index (χ1) is 7.29. The van der Waals surface area contributed by atoms with Crippen LogP contribution in [-0.4, -0.2) is 15.0 Å². The third kappa shape index (κ3) is 2.49. The van der Waals surface area contributed by atoms with Crippen molar-refractivity contribution < 1.29 is 0 Å². The molecule has 0 saturated carbocycles. The summed E-state index contributed by atoms with van der Waals surface area (Å²) in [5.41, 5.74) is 2.01. The summed E-state index contributed by atoms with van der Waals surface area (Å²) in [6.07, 6.45) is 5.14. The molecule has 0 aliphatic heterocycles. The Labute approximate surface area is 90.6 Å². The summed E-state index contributed by atoms with van der Waals surface area (Å²) >= 11 is 0. The minimum absolute atomic E-state index is 0.424. The molecule has 80 valence electrons. The zero-order valence-electron chi connectivity index (χ0n) is 9.73. The number of aromatic nitrogens is 3. The molecule has 0 amide bonds. The molecule has 0 unspecified atom stereocenters. The van der Waals surface area contributed by atoms with Crippen molar-refractivity contribution in [1.29, 1.82) is 0 Å². The molecule has 3 heteroatoms. The van der Waals surface area contributed by atoms with Crippen molar-refractivity contribution in [2.45, 2.75) is 33.6 Å². The lowest BCUT2D eigenvalue weighted by atomic mass is 10.1. The molecule has 0 aromatic carbocycles. The largest absolute Gasteiger partial charge is 0.262 e. The lowest BCUT2D eigenvalue weighted by Gasteiger charge is -2.06. The van der Waals surface area contributed by atoms with Crippen LogP contribution in [0.5, 0.6) is 0 Å². The number of fused-ring (bicyclic) bond motifs is 1. The molecule has 0 atom stereocenters. The van der Waals surface area contributed by atoms with Crippen LogP contribution in [0.2, 0.25) is 0 Å². The summed E-state index contributed by atoms with van der Waals surface area (Å²) < 4.78 is 0. The van der Waals surface area contributed by atoms with E-state index in [2.05, 4.69) is 28.8 Å². The summed E-state index contributed by atoms with van der Waals surface area (Å²) in [5, 5.41) is 1.10. The van der Waals surface area contributed by atoms with Crippen LogP contribution >= 0.6 is 0 Å². The van der Waals surface area contributed by atoms with E-state index < -0.39 is 0 Å². The van der Waals surface area contributed by atoms with Gasteiger partial charge in [0.25, 0.3) is 0 Å². The average Bonchev–Trinajstić information content (AvgIpc) is 2.31. The third-order valence-corrected chi connectivity index (χ3v) is 2.02. The average molecular weight is 203 g/mol. The maximum Gasteiger partial charge on any atom is 0.116 e. The first-order valence-corrected chi connectivity index (χ1v) is 5.33. The van der Waals surface area contributed by atoms with Crippen LogP contribution in [0.4, 0.5) is 0 Å². The fraction of sp³-hybridized carbons (Fsp3) is 0.417. The quantitative estimate of drug-likeness (QED) is 0.714. The summed E-state index contributed by atoms with van der Waals surface area (Å²) in [6.45, 7) is 8.25. The SMILES string of the molecule is CC.CC(C)c1ncnc2cnccc12. The first kappa shape index (κ1) is 11.6. The molecular formula is C12H17N3. The number of hydrogen-bond acceptors (Lipinski definition) is 3. The van der Waals surface area contributed by atoms with Crippen LogP contribution in [0, 0.1) is 0 Å². The van der Waals surface area contributed by atoms with Gasteiger partial charge in [-0.05, 0) is 12.0 Å². The zero-order chi connectivity index (χ0) is 11.3. The number of rotatable bonds is 1. The molecule has 0 fully saturated rings. The number of nitrogens with zero attached hydrogens (tertiary/aromatic N) is 3. The maximum atomic E-state index is 4.27. The van der Waals surface area contributed by atoms with Crippen molar-refractivity contribution in [3.63, 3.8) is 0 Å². The van der Waals surface area contributed by atoms with Crippen molar-refractivity contribution in [1.82, 2.24) is 15.0 Å². The lowest BCUT2D eigenvalue weighted by Crippen LogP contribution is -1.95. The van der Waals surface area contributed by atoms with E-state index in [0.29, 0.717) is 5.92 Å². The molecule has 0 aliphatic carbocycles. The van der Waals surface area contributed by atoms with Gasteiger partial charge in [0, 0.05) is 11.6 Å². The highest BCUT2D eigenvalue weighted by Gasteiger charge is 2.05. The molecular weight excluding hydrogens is 186 g/mol. The van der Waals surface area contributed by atoms with Gasteiger partial charge in [0.2, 0.25) is 0 Å². The standard InChI is InChI=1S/C10H11N3.C2H6/c1-7(2)10-8-3-4-11-5-9(8)12-6-13-10;1-2/h3-7H,1-2H3;1-2H3. The monoisotopic (exact) mass is 203 g/mol. The second-order valence-corrected chi connectivity index (χ2v) is 3.31. The highest BCUT2D eigenvalue weighted by Crippen LogP contribution is 2.19. The number of pyridine rings is 1. The second-order valence-electron chi connectivity index (χ2n) is 3.31. The van der Waals surface area contributed by atoms with Crippen molar-refractivity contribution in [3.8, 4) is 0 Å². The molecule has 0 N–H and O–H groups in total. The fourth-order valence-corrected chi connectivity index (χ4v) is 1.39. The molecule has 2 rings (SSSR count). The Morgan fingerprint density at radius 3 is 2.53 bits per heavy atom. The van der Waals surface area contributed by atoms with Crippen LogP contribution in [-0.2, 0) is 0 Å². The van der Waals surface area contributed by atoms with Gasteiger partial charge < -0.3 is 0 Å². The summed E-state index contributed by atoms with van der Waals surface area (Å²) in [5.74, 6) is 0.424. The minimum atomic E-state index is 0.424. The van der Waals surface area contributed by atoms with E-state index in [1.54, 1.807) is 18.7 Å². The molecule has 0 bridgehead atoms. The molecule has 2 aromatic rings. The van der Waals surface area contributed by atoms with Gasteiger partial charge in [-0.25, -0.2) is 9.97 Å². The van der Waals surface area contributed by atoms with Crippen LogP contribution in [0.25, 0.3) is 10.9 Å². The molecule has 0 radical (unpaired) electrons. The number of hydrogen-bond donors (Lipinski definition) is 0. The fourth-order valence-electron chi connectivity index (χ4n) is 1.39. The third-order valence-electron chi connectivity index (χ3n) is 2.02. The smallest absolute Gasteiger partial charge is 0.116 e. The van der Waals surface area contributed by atoms with Crippen molar-refractivity contribution >= 4 is 10.9 Å². The van der Waals surface area contributed by atoms with E-state index in [-0.39, 0.29) is 0 Å². The Morgan fingerprint density at radius 1 is 1.13 bits per heavy atom. The molecule has 0 aliphatic rings. The van der Waals surface area contributed by atoms with Crippen LogP contribution in [0.15, 0.2) is 24.8 Å². The van der Waals surface area contributed by atoms with Gasteiger partial charge in [-0.2, -0.15) is 0 Å². The van der Waals surface area contributed by atoms with Crippen LogP contribution in [0.3, 0.4) is 0 Å². The van der Waals surface area contributed by atoms with Gasteiger partial charge in [-0.15, -0.1) is 0 Å². The topological polar surface area (TPSA) is 38.7 Å². The maximum absolute atomic E-state index is 4.27. The Kier molecular flexibility index (Phi) is 4.16. The van der Waals surface area contributed by atoms with E-state index >= 15 is 0 Å². The minimum Gasteiger partial charge on any atom is -0.262 e. The van der Waals surface area contributed by atoms with Gasteiger partial charge in [-0.3, -0.25) is 4.98 Å². The van der Waals surface area contributed by atoms with Gasteiger partial charge in [0.05, 0.1) is 17.4 Å². The van der Waals surface area contributed by atoms with Crippen molar-refractivity contribution in [2.24, 2.45) is 0 Å². The molecule has 3 nitrogen and oxygen atoms in total. The van der Waals surface area contributed by atoms with Gasteiger partial charge >= 0.3 is 0 Å². The van der Waals surface area contributed by atoms with E-state index in [1.807, 2.05) is 19.9 Å². The molecule has 0 spiro atoms. The summed E-state index contributed by atoms with van der Waals surface area (Å²) in [4.78, 5) is 12.4. The van der Waals surface area contributed by atoms with Crippen molar-refractivity contribution in [3.05, 3.63) is 30.5 Å². The molecule has 2 aromatic heterocycles. The normalized spacial score (nSPS) is 9.93. The van der Waals surface area contributed by atoms with Gasteiger partial charge in [0.15, 0.2) is 0 Å². The molecule has 0 saturated heterocycles. The predicted octanol–water partition coefficient (Wildman–Crippen LogP) is 3.17. The Balaban J connectivity index is 0.000000531. The second kappa shape index (κ2) is 5.39. The Bertz CT molecular complexity index is 419. The molecule has 2 heterocycles. The van der Waals surface area contributed by atoms with Gasteiger partial charge in [0.1, 0.15) is 6.33 Å². The van der Waals surface area contributed by atoms with E-state index in [0.717, 1.165) is 16.6 Å². The van der Waals surface area contributed by atoms with Crippen molar-refractivity contribution in [2.75, 3.05) is 0 Å². The molecule has 15 heavy (non-hydrogen) atoms. The Hall–Kier alpha value is -1.51. The van der Waals surface area contributed by atoms with E-state index in [9.17, 15) is 0 Å². The predicted molar refractivity (Wildman–Crippen MR) is 62.8 cm³/mol. The Morgan fingerprint density at radius 2 is 1.87 bits per heavy atom. The highest BCUT2D eigenvalue weighted by molar-refractivity contribution is 5.79. The summed E-state index contributed by atoms with van der Waals surface area (Å²) in [6, 6.07) is 1.96. The zero-order valence-corrected chi connectivity index (χ0v) is 9.73. The van der Waals surface area contributed by atoms with Gasteiger partial charge in [-0.1, -0.05) is 27.7 Å². The first-order valence-electron chi connectivity index (χ1n) is 5.33.